The van der Waals surface area contributed by atoms with Crippen molar-refractivity contribution in [2.24, 2.45) is 0 Å². The van der Waals surface area contributed by atoms with Crippen molar-refractivity contribution in [1.82, 2.24) is 0 Å². The van der Waals surface area contributed by atoms with E-state index in [1.54, 1.807) is 0 Å². The van der Waals surface area contributed by atoms with E-state index in [-0.39, 0.29) is 0 Å². The number of nitrogens with zero attached hydrogens (tertiary/aromatic N) is 2. The van der Waals surface area contributed by atoms with Gasteiger partial charge in [0.15, 0.2) is 7.99 Å². The standard InChI is InChI=1S/C41H100N2Si12.C5H12/c1-34(2)54(38(46(7,8)9)47(10,11)12,39(48(13,14)15)49(16,17)18)44-37-33-36(42(5)6)31-32-43(37)45(44)55(35(3)4,40(50(19,20)21)51(22,23)24)41(52(25,26)27)53(28,29)30;1-3-5-4-2/h31-35,38-41,45H,1-30H3;3-5H2,1-2H3/t45-;/m0./s1. The van der Waals surface area contributed by atoms with E-state index in [1.807, 2.05) is 5.32 Å². The number of anilines is 1. The summed E-state index contributed by atoms with van der Waals surface area (Å²) in [6, 6.07) is 5.48. The van der Waals surface area contributed by atoms with Gasteiger partial charge in [0.25, 0.3) is 0 Å². The fourth-order valence-corrected chi connectivity index (χ4v) is 243. The van der Waals surface area contributed by atoms with Crippen LogP contribution in [-0.2, 0) is 0 Å². The van der Waals surface area contributed by atoms with E-state index in [1.165, 1.54) is 24.9 Å². The molecule has 0 saturated carbocycles. The molecule has 1 aromatic rings. The van der Waals surface area contributed by atoms with Crippen LogP contribution in [0.4, 0.5) is 5.69 Å². The summed E-state index contributed by atoms with van der Waals surface area (Å²) in [6.07, 6.45) is 6.87. The second-order valence-corrected chi connectivity index (χ2v) is 106. The molecule has 0 amide bonds. The van der Waals surface area contributed by atoms with Gasteiger partial charge >= 0.3 is 0 Å². The fourth-order valence-electron chi connectivity index (χ4n) is 16.7. The molecule has 2 heterocycles. The van der Waals surface area contributed by atoms with Crippen molar-refractivity contribution < 1.29 is 4.23 Å². The third kappa shape index (κ3) is 12.4. The molecule has 354 valence electrons. The molecule has 14 heteroatoms. The van der Waals surface area contributed by atoms with E-state index in [0.29, 0.717) is 0 Å². The number of pyridine rings is 1. The van der Waals surface area contributed by atoms with E-state index in [2.05, 4.69) is 240 Å². The molecule has 0 bridgehead atoms. The Morgan fingerprint density at radius 3 is 1.00 bits per heavy atom. The Morgan fingerprint density at radius 1 is 0.500 bits per heavy atom. The molecule has 2 rings (SSSR count). The van der Waals surface area contributed by atoms with Crippen LogP contribution in [0.3, 0.4) is 0 Å². The van der Waals surface area contributed by atoms with Gasteiger partial charge in [0, 0.05) is 95.8 Å². The number of unbranched alkanes of at least 4 members (excludes halogenated alkanes) is 2. The first-order chi connectivity index (χ1) is 26.3. The maximum atomic E-state index is 3.31. The molecule has 0 unspecified atom stereocenters. The quantitative estimate of drug-likeness (QED) is 0.125. The summed E-state index contributed by atoms with van der Waals surface area (Å²) in [5, 5.41) is 1.98. The minimum Gasteiger partial charge on any atom is -0.377 e. The van der Waals surface area contributed by atoms with E-state index in [4.69, 9.17) is 0 Å². The summed E-state index contributed by atoms with van der Waals surface area (Å²) >= 11 is 0. The van der Waals surface area contributed by atoms with Crippen LogP contribution in [0.1, 0.15) is 60.8 Å². The molecule has 0 fully saturated rings. The van der Waals surface area contributed by atoms with Crippen molar-refractivity contribution in [2.75, 3.05) is 19.0 Å². The first-order valence-electron chi connectivity index (χ1n) is 24.9. The Balaban J connectivity index is 0.00000338. The normalized spacial score (nSPS) is 16.9. The highest BCUT2D eigenvalue weighted by Gasteiger charge is 2.75. The van der Waals surface area contributed by atoms with Gasteiger partial charge in [-0.3, -0.25) is 0 Å². The molecular formula is C46H112N2Si12. The Hall–Kier alpha value is 1.55. The van der Waals surface area contributed by atoms with Crippen LogP contribution in [0.15, 0.2) is 18.3 Å². The van der Waals surface area contributed by atoms with Gasteiger partial charge in [0.1, 0.15) is 6.20 Å². The van der Waals surface area contributed by atoms with Crippen LogP contribution in [0.5, 0.6) is 0 Å². The second-order valence-electron chi connectivity index (χ2n) is 29.6. The van der Waals surface area contributed by atoms with Crippen LogP contribution in [0.25, 0.3) is 0 Å². The number of hydrogen-bond acceptors (Lipinski definition) is 1. The molecule has 0 aliphatic carbocycles. The SMILES string of the molecule is CC(C)[Si](C([Si](C)(C)C)[Si](C)(C)C)(C([Si](C)(C)C)[Si](C)(C)C)[Si-]1c2cc(N(C)C)cc[n+]2[Si@@H]1[Si](C(C)C)(C([Si](C)(C)C)[Si](C)(C)C)C([Si](C)(C)C)[Si](C)(C)C.CCCCC. The van der Waals surface area contributed by atoms with Gasteiger partial charge < -0.3 is 9.13 Å². The molecule has 0 saturated heterocycles. The molecule has 1 aromatic heterocycles. The van der Waals surface area contributed by atoms with Crippen molar-refractivity contribution >= 4 is 107 Å². The summed E-state index contributed by atoms with van der Waals surface area (Å²) in [4.78, 5) is 6.71. The van der Waals surface area contributed by atoms with E-state index in [9.17, 15) is 0 Å². The van der Waals surface area contributed by atoms with Crippen LogP contribution in [0, 0.1) is 0 Å². The number of hydrogen-bond donors (Lipinski definition) is 0. The Labute approximate surface area is 393 Å². The second kappa shape index (κ2) is 20.0. The van der Waals surface area contributed by atoms with E-state index >= 15 is 0 Å². The highest BCUT2D eigenvalue weighted by molar-refractivity contribution is 7.79. The minimum atomic E-state index is -2.08. The molecule has 0 N–H and O–H groups in total. The highest BCUT2D eigenvalue weighted by atomic mass is 29.8. The summed E-state index contributed by atoms with van der Waals surface area (Å²) in [5.41, 5.74) is 3.20. The third-order valence-corrected chi connectivity index (χ3v) is 137. The first-order valence-corrected chi connectivity index (χ1v) is 64.6. The van der Waals surface area contributed by atoms with Gasteiger partial charge in [-0.15, -0.1) is 7.83 Å². The van der Waals surface area contributed by atoms with Crippen LogP contribution in [-0.4, -0.2) is 110 Å². The fraction of sp³-hybridized carbons (Fsp3) is 0.891. The predicted molar refractivity (Wildman–Crippen MR) is 318 cm³/mol. The first kappa shape index (κ1) is 59.6. The molecule has 2 nitrogen and oxygen atoms in total. The number of fused-ring (bicyclic) bond motifs is 1. The minimum absolute atomic E-state index is 0.847. The Morgan fingerprint density at radius 2 is 0.800 bits per heavy atom. The van der Waals surface area contributed by atoms with Crippen molar-refractivity contribution in [3.8, 4) is 0 Å². The zero-order valence-corrected chi connectivity index (χ0v) is 59.4. The maximum Gasteiger partial charge on any atom is 0.181 e. The van der Waals surface area contributed by atoms with Crippen molar-refractivity contribution in [3.05, 3.63) is 18.3 Å². The molecule has 0 aromatic carbocycles. The number of aromatic nitrogens is 1. The predicted octanol–water partition coefficient (Wildman–Crippen LogP) is 15.0. The van der Waals surface area contributed by atoms with Crippen molar-refractivity contribution in [1.29, 1.82) is 0 Å². The van der Waals surface area contributed by atoms with Gasteiger partial charge in [-0.25, -0.2) is 0 Å². The lowest BCUT2D eigenvalue weighted by molar-refractivity contribution is -0.519. The third-order valence-electron chi connectivity index (χ3n) is 14.8. The van der Waals surface area contributed by atoms with Gasteiger partial charge in [-0.05, 0) is 6.07 Å². The van der Waals surface area contributed by atoms with Crippen LogP contribution in [0.2, 0.25) is 187 Å². The largest absolute Gasteiger partial charge is 0.377 e. The molecule has 1 aliphatic heterocycles. The average molecular weight is 1030 g/mol. The lowest BCUT2D eigenvalue weighted by atomic mass is 10.3. The molecular weight excluding hydrogens is 918 g/mol. The summed E-state index contributed by atoms with van der Waals surface area (Å²) in [6.45, 7) is 85.7. The topological polar surface area (TPSA) is 7.12 Å². The average Bonchev–Trinajstić information content (AvgIpc) is 2.91. The van der Waals surface area contributed by atoms with Gasteiger partial charge in [-0.1, -0.05) is 256 Å². The Bertz CT molecular complexity index is 1400. The van der Waals surface area contributed by atoms with Gasteiger partial charge in [-0.2, -0.15) is 0 Å². The van der Waals surface area contributed by atoms with Gasteiger partial charge in [0.2, 0.25) is 0 Å². The zero-order valence-electron chi connectivity index (χ0n) is 47.3. The molecule has 1 aliphatic rings. The maximum absolute atomic E-state index is 3.31. The lowest BCUT2D eigenvalue weighted by Gasteiger charge is -2.76. The smallest absolute Gasteiger partial charge is 0.181 e. The summed E-state index contributed by atoms with van der Waals surface area (Å²) in [7, 11) is -14.7. The monoisotopic (exact) mass is 1030 g/mol. The van der Waals surface area contributed by atoms with Crippen molar-refractivity contribution in [2.45, 2.75) is 248 Å². The lowest BCUT2D eigenvalue weighted by Crippen LogP contribution is -3.03. The molecule has 1 atom stereocenters. The molecule has 0 radical (unpaired) electrons. The highest BCUT2D eigenvalue weighted by Crippen LogP contribution is 2.62. The number of rotatable bonds is 19. The molecule has 0 spiro atoms. The Kier molecular flexibility index (Phi) is 19.9. The van der Waals surface area contributed by atoms with Gasteiger partial charge in [0.05, 0.1) is 7.59 Å². The van der Waals surface area contributed by atoms with E-state index in [0.717, 1.165) is 30.2 Å². The zero-order chi connectivity index (χ0) is 48.2. The van der Waals surface area contributed by atoms with Crippen LogP contribution < -0.4 is 14.4 Å². The summed E-state index contributed by atoms with van der Waals surface area (Å²) < 4.78 is 3.31. The van der Waals surface area contributed by atoms with Crippen LogP contribution >= 0.6 is 0 Å². The summed E-state index contributed by atoms with van der Waals surface area (Å²) in [5.74, 6) is 0. The van der Waals surface area contributed by atoms with Crippen molar-refractivity contribution in [3.63, 3.8) is 0 Å². The van der Waals surface area contributed by atoms with E-state index < -0.39 is 95.6 Å². The molecule has 60 heavy (non-hydrogen) atoms.